The monoisotopic (exact) mass is 282 g/mol. The number of nitrogens with zero attached hydrogens (tertiary/aromatic N) is 2. The summed E-state index contributed by atoms with van der Waals surface area (Å²) >= 11 is 0. The summed E-state index contributed by atoms with van der Waals surface area (Å²) in [4.78, 5) is 26.0. The third-order valence-corrected chi connectivity index (χ3v) is 3.81. The van der Waals surface area contributed by atoms with Crippen LogP contribution in [0.4, 0.5) is 11.6 Å². The number of aromatic nitrogens is 4. The van der Waals surface area contributed by atoms with Gasteiger partial charge in [-0.25, -0.2) is 4.98 Å². The maximum atomic E-state index is 11.9. The number of nitrogens with two attached hydrogens (primary N) is 1. The van der Waals surface area contributed by atoms with Crippen molar-refractivity contribution in [2.45, 2.75) is 12.3 Å². The number of benzene rings is 1. The van der Waals surface area contributed by atoms with Crippen molar-refractivity contribution >= 4 is 22.8 Å². The standard InChI is InChI=1S/C14H14N6O/c15-14-19-12-10(13(21)20-14)17-11(18-12)8-5-6-16-9-4-2-1-3-7(8)9/h1-4,8,16H,5-6H2,(H4,15,17,18,19,20,21). The van der Waals surface area contributed by atoms with Gasteiger partial charge < -0.3 is 16.0 Å². The molecule has 5 N–H and O–H groups in total. The number of aromatic amines is 2. The van der Waals surface area contributed by atoms with Gasteiger partial charge in [-0.15, -0.1) is 0 Å². The summed E-state index contributed by atoms with van der Waals surface area (Å²) < 4.78 is 0. The summed E-state index contributed by atoms with van der Waals surface area (Å²) in [7, 11) is 0. The van der Waals surface area contributed by atoms with Crippen molar-refractivity contribution in [2.75, 3.05) is 17.6 Å². The molecule has 0 bridgehead atoms. The lowest BCUT2D eigenvalue weighted by Gasteiger charge is -2.25. The Morgan fingerprint density at radius 3 is 2.95 bits per heavy atom. The van der Waals surface area contributed by atoms with E-state index in [2.05, 4.69) is 31.3 Å². The van der Waals surface area contributed by atoms with Crippen molar-refractivity contribution in [3.05, 3.63) is 46.0 Å². The van der Waals surface area contributed by atoms with Crippen LogP contribution >= 0.6 is 0 Å². The first-order valence-corrected chi connectivity index (χ1v) is 6.80. The molecule has 4 rings (SSSR count). The van der Waals surface area contributed by atoms with Crippen molar-refractivity contribution in [2.24, 2.45) is 0 Å². The second-order valence-corrected chi connectivity index (χ2v) is 5.13. The van der Waals surface area contributed by atoms with Crippen LogP contribution in [0.5, 0.6) is 0 Å². The quantitative estimate of drug-likeness (QED) is 0.535. The van der Waals surface area contributed by atoms with Gasteiger partial charge in [0.15, 0.2) is 11.2 Å². The molecule has 0 fully saturated rings. The van der Waals surface area contributed by atoms with Crippen LogP contribution in [-0.2, 0) is 0 Å². The minimum absolute atomic E-state index is 0.0799. The maximum Gasteiger partial charge on any atom is 0.278 e. The number of rotatable bonds is 1. The van der Waals surface area contributed by atoms with Crippen LogP contribution in [0, 0.1) is 0 Å². The summed E-state index contributed by atoms with van der Waals surface area (Å²) in [6.45, 7) is 0.866. The molecule has 3 aromatic rings. The molecule has 0 saturated heterocycles. The first kappa shape index (κ1) is 12.0. The number of hydrogen-bond acceptors (Lipinski definition) is 5. The lowest BCUT2D eigenvalue weighted by atomic mass is 9.90. The average molecular weight is 282 g/mol. The zero-order valence-electron chi connectivity index (χ0n) is 11.2. The number of H-pyrrole nitrogens is 2. The Labute approximate surface area is 119 Å². The lowest BCUT2D eigenvalue weighted by molar-refractivity contribution is 0.686. The van der Waals surface area contributed by atoms with Crippen molar-refractivity contribution < 1.29 is 0 Å². The molecule has 0 aliphatic carbocycles. The average Bonchev–Trinajstić information content (AvgIpc) is 2.90. The molecule has 21 heavy (non-hydrogen) atoms. The molecule has 0 radical (unpaired) electrons. The van der Waals surface area contributed by atoms with Gasteiger partial charge in [0.1, 0.15) is 5.82 Å². The largest absolute Gasteiger partial charge is 0.385 e. The Morgan fingerprint density at radius 2 is 2.05 bits per heavy atom. The minimum atomic E-state index is -0.293. The van der Waals surface area contributed by atoms with Crippen molar-refractivity contribution in [3.63, 3.8) is 0 Å². The Hall–Kier alpha value is -2.83. The van der Waals surface area contributed by atoms with Gasteiger partial charge in [-0.3, -0.25) is 9.78 Å². The first-order valence-electron chi connectivity index (χ1n) is 6.80. The molecule has 0 amide bonds. The van der Waals surface area contributed by atoms with E-state index >= 15 is 0 Å². The van der Waals surface area contributed by atoms with Gasteiger partial charge in [-0.2, -0.15) is 4.98 Å². The summed E-state index contributed by atoms with van der Waals surface area (Å²) in [6, 6.07) is 8.13. The molecule has 0 spiro atoms. The van der Waals surface area contributed by atoms with Gasteiger partial charge in [-0.05, 0) is 18.1 Å². The van der Waals surface area contributed by atoms with Crippen molar-refractivity contribution in [1.82, 2.24) is 19.9 Å². The summed E-state index contributed by atoms with van der Waals surface area (Å²) in [5.41, 5.74) is 8.28. The van der Waals surface area contributed by atoms with Gasteiger partial charge in [0.05, 0.1) is 0 Å². The molecule has 1 aliphatic rings. The summed E-state index contributed by atoms with van der Waals surface area (Å²) in [5, 5.41) is 3.37. The predicted molar refractivity (Wildman–Crippen MR) is 80.3 cm³/mol. The van der Waals surface area contributed by atoms with Crippen LogP contribution in [0.1, 0.15) is 23.7 Å². The fourth-order valence-electron chi connectivity index (χ4n) is 2.86. The highest BCUT2D eigenvalue weighted by Gasteiger charge is 2.24. The van der Waals surface area contributed by atoms with E-state index in [0.717, 1.165) is 24.5 Å². The van der Waals surface area contributed by atoms with E-state index < -0.39 is 0 Å². The van der Waals surface area contributed by atoms with Crippen LogP contribution in [0.15, 0.2) is 29.1 Å². The third kappa shape index (κ3) is 1.85. The number of hydrogen-bond donors (Lipinski definition) is 4. The van der Waals surface area contributed by atoms with E-state index in [1.54, 1.807) is 0 Å². The van der Waals surface area contributed by atoms with Crippen LogP contribution in [0.25, 0.3) is 11.2 Å². The molecular weight excluding hydrogens is 268 g/mol. The minimum Gasteiger partial charge on any atom is -0.385 e. The maximum absolute atomic E-state index is 11.9. The molecule has 1 aromatic carbocycles. The fraction of sp³-hybridized carbons (Fsp3) is 0.214. The highest BCUT2D eigenvalue weighted by atomic mass is 16.1. The lowest BCUT2D eigenvalue weighted by Crippen LogP contribution is -2.18. The van der Waals surface area contributed by atoms with E-state index in [0.29, 0.717) is 11.2 Å². The van der Waals surface area contributed by atoms with E-state index in [1.807, 2.05) is 18.2 Å². The zero-order chi connectivity index (χ0) is 14.4. The van der Waals surface area contributed by atoms with Gasteiger partial charge in [0.25, 0.3) is 5.56 Å². The number of nitrogens with one attached hydrogen (secondary N) is 3. The highest BCUT2D eigenvalue weighted by Crippen LogP contribution is 2.35. The van der Waals surface area contributed by atoms with Crippen molar-refractivity contribution in [3.8, 4) is 0 Å². The number of anilines is 2. The van der Waals surface area contributed by atoms with Gasteiger partial charge in [0, 0.05) is 18.2 Å². The number of nitrogen functional groups attached to an aromatic ring is 1. The van der Waals surface area contributed by atoms with Crippen LogP contribution in [0.2, 0.25) is 0 Å². The molecule has 2 aromatic heterocycles. The smallest absolute Gasteiger partial charge is 0.278 e. The van der Waals surface area contributed by atoms with Gasteiger partial charge in [-0.1, -0.05) is 18.2 Å². The Bertz CT molecular complexity index is 881. The number of imidazole rings is 1. The SMILES string of the molecule is Nc1nc2nc(C3CCNc4ccccc43)[nH]c2c(=O)[nH]1. The van der Waals surface area contributed by atoms with Crippen LogP contribution in [-0.4, -0.2) is 26.5 Å². The molecule has 7 nitrogen and oxygen atoms in total. The van der Waals surface area contributed by atoms with E-state index in [1.165, 1.54) is 5.56 Å². The Kier molecular flexibility index (Phi) is 2.47. The van der Waals surface area contributed by atoms with E-state index in [4.69, 9.17) is 5.73 Å². The molecular formula is C14H14N6O. The molecule has 1 aliphatic heterocycles. The molecule has 3 heterocycles. The highest BCUT2D eigenvalue weighted by molar-refractivity contribution is 5.71. The second kappa shape index (κ2) is 4.34. The summed E-state index contributed by atoms with van der Waals surface area (Å²) in [5.74, 6) is 0.955. The number of para-hydroxylation sites is 1. The van der Waals surface area contributed by atoms with Crippen LogP contribution < -0.4 is 16.6 Å². The van der Waals surface area contributed by atoms with Gasteiger partial charge >= 0.3 is 0 Å². The summed E-state index contributed by atoms with van der Waals surface area (Å²) in [6.07, 6.45) is 0.907. The number of fused-ring (bicyclic) bond motifs is 2. The molecule has 1 unspecified atom stereocenters. The van der Waals surface area contributed by atoms with Gasteiger partial charge in [0.2, 0.25) is 5.95 Å². The topological polar surface area (TPSA) is 112 Å². The predicted octanol–water partition coefficient (Wildman–Crippen LogP) is 1.18. The normalized spacial score (nSPS) is 17.4. The fourth-order valence-corrected chi connectivity index (χ4v) is 2.86. The first-order chi connectivity index (χ1) is 10.2. The molecule has 1 atom stereocenters. The Balaban J connectivity index is 1.88. The zero-order valence-corrected chi connectivity index (χ0v) is 11.2. The molecule has 106 valence electrons. The van der Waals surface area contributed by atoms with E-state index in [-0.39, 0.29) is 17.4 Å². The molecule has 7 heteroatoms. The third-order valence-electron chi connectivity index (χ3n) is 3.81. The second-order valence-electron chi connectivity index (χ2n) is 5.13. The van der Waals surface area contributed by atoms with Crippen LogP contribution in [0.3, 0.4) is 0 Å². The van der Waals surface area contributed by atoms with Crippen molar-refractivity contribution in [1.29, 1.82) is 0 Å². The Morgan fingerprint density at radius 1 is 1.19 bits per heavy atom. The molecule has 0 saturated carbocycles. The van der Waals surface area contributed by atoms with E-state index in [9.17, 15) is 4.79 Å².